The number of ether oxygens (including phenoxy) is 1. The molecule has 2 heterocycles. The average Bonchev–Trinajstić information content (AvgIpc) is 3.01. The molecule has 1 aliphatic carbocycles. The van der Waals surface area contributed by atoms with E-state index in [-0.39, 0.29) is 23.7 Å². The van der Waals surface area contributed by atoms with Crippen molar-refractivity contribution in [2.75, 3.05) is 6.61 Å². The number of esters is 1. The molecule has 126 valence electrons. The summed E-state index contributed by atoms with van der Waals surface area (Å²) in [6, 6.07) is 3.78. The van der Waals surface area contributed by atoms with Crippen LogP contribution in [0.15, 0.2) is 12.3 Å². The van der Waals surface area contributed by atoms with Gasteiger partial charge in [0.15, 0.2) is 17.1 Å². The van der Waals surface area contributed by atoms with Gasteiger partial charge in [-0.3, -0.25) is 0 Å². The number of nitrogens with zero attached hydrogens (tertiary/aromatic N) is 3. The predicted molar refractivity (Wildman–Crippen MR) is 88.6 cm³/mol. The van der Waals surface area contributed by atoms with Gasteiger partial charge in [0.05, 0.1) is 12.1 Å². The van der Waals surface area contributed by atoms with E-state index in [1.807, 2.05) is 16.8 Å². The van der Waals surface area contributed by atoms with Crippen LogP contribution in [0.5, 0.6) is 5.75 Å². The second kappa shape index (κ2) is 6.91. The molecule has 1 fully saturated rings. The molecule has 6 nitrogen and oxygen atoms in total. The van der Waals surface area contributed by atoms with Gasteiger partial charge in [-0.05, 0) is 31.7 Å². The maximum atomic E-state index is 11.9. The Labute approximate surface area is 140 Å². The van der Waals surface area contributed by atoms with Crippen LogP contribution >= 0.6 is 0 Å². The van der Waals surface area contributed by atoms with E-state index in [9.17, 15) is 15.2 Å². The largest absolute Gasteiger partial charge is 0.505 e. The molecule has 0 saturated heterocycles. The van der Waals surface area contributed by atoms with Gasteiger partial charge in [-0.25, -0.2) is 9.78 Å². The van der Waals surface area contributed by atoms with Crippen molar-refractivity contribution in [1.82, 2.24) is 9.55 Å². The third-order valence-electron chi connectivity index (χ3n) is 4.65. The van der Waals surface area contributed by atoms with Gasteiger partial charge >= 0.3 is 5.97 Å². The van der Waals surface area contributed by atoms with E-state index in [4.69, 9.17) is 4.74 Å². The van der Waals surface area contributed by atoms with Gasteiger partial charge in [0.25, 0.3) is 0 Å². The fourth-order valence-electron chi connectivity index (χ4n) is 3.49. The molecule has 24 heavy (non-hydrogen) atoms. The van der Waals surface area contributed by atoms with Gasteiger partial charge in [0, 0.05) is 18.1 Å². The molecule has 1 N–H and O–H groups in total. The smallest absolute Gasteiger partial charge is 0.360 e. The monoisotopic (exact) mass is 327 g/mol. The molecule has 0 atom stereocenters. The number of carbonyl (C=O) groups is 1. The van der Waals surface area contributed by atoms with E-state index < -0.39 is 5.97 Å². The Kier molecular flexibility index (Phi) is 4.70. The molecule has 3 rings (SSSR count). The van der Waals surface area contributed by atoms with Crippen LogP contribution < -0.4 is 0 Å². The van der Waals surface area contributed by atoms with Crippen molar-refractivity contribution < 1.29 is 14.6 Å². The van der Waals surface area contributed by atoms with Crippen LogP contribution in [-0.4, -0.2) is 27.2 Å². The highest BCUT2D eigenvalue weighted by molar-refractivity contribution is 6.00. The lowest BCUT2D eigenvalue weighted by Crippen LogP contribution is -2.14. The number of pyridine rings is 1. The van der Waals surface area contributed by atoms with Gasteiger partial charge in [-0.15, -0.1) is 0 Å². The lowest BCUT2D eigenvalue weighted by atomic mass is 9.89. The lowest BCUT2D eigenvalue weighted by Gasteiger charge is -2.22. The van der Waals surface area contributed by atoms with E-state index in [1.165, 1.54) is 32.1 Å². The summed E-state index contributed by atoms with van der Waals surface area (Å²) < 4.78 is 6.89. The Balaban J connectivity index is 2.03. The average molecular weight is 327 g/mol. The van der Waals surface area contributed by atoms with Crippen molar-refractivity contribution in [2.24, 2.45) is 5.92 Å². The zero-order valence-corrected chi connectivity index (χ0v) is 13.8. The molecule has 0 bridgehead atoms. The third kappa shape index (κ3) is 2.94. The Morgan fingerprint density at radius 3 is 2.88 bits per heavy atom. The summed E-state index contributed by atoms with van der Waals surface area (Å²) in [7, 11) is 0. The van der Waals surface area contributed by atoms with E-state index in [2.05, 4.69) is 4.98 Å². The fraction of sp³-hybridized carbons (Fsp3) is 0.500. The first-order chi connectivity index (χ1) is 11.7. The Bertz CT molecular complexity index is 798. The minimum atomic E-state index is -0.714. The summed E-state index contributed by atoms with van der Waals surface area (Å²) in [5.41, 5.74) is 0.539. The molecule has 6 heteroatoms. The van der Waals surface area contributed by atoms with Gasteiger partial charge in [-0.1, -0.05) is 19.3 Å². The summed E-state index contributed by atoms with van der Waals surface area (Å²) >= 11 is 0. The fourth-order valence-corrected chi connectivity index (χ4v) is 3.49. The van der Waals surface area contributed by atoms with Gasteiger partial charge in [0.2, 0.25) is 0 Å². The first-order valence-electron chi connectivity index (χ1n) is 8.44. The molecule has 1 saturated carbocycles. The van der Waals surface area contributed by atoms with Gasteiger partial charge in [0.1, 0.15) is 6.07 Å². The van der Waals surface area contributed by atoms with Crippen LogP contribution in [0.2, 0.25) is 0 Å². The molecular formula is C18H21N3O3. The number of aromatic nitrogens is 2. The molecule has 0 aromatic carbocycles. The molecular weight excluding hydrogens is 306 g/mol. The van der Waals surface area contributed by atoms with Gasteiger partial charge in [-0.2, -0.15) is 5.26 Å². The quantitative estimate of drug-likeness (QED) is 0.870. The van der Waals surface area contributed by atoms with Crippen molar-refractivity contribution in [1.29, 1.82) is 5.26 Å². The van der Waals surface area contributed by atoms with Crippen LogP contribution in [0.4, 0.5) is 0 Å². The number of nitriles is 1. The zero-order chi connectivity index (χ0) is 17.1. The van der Waals surface area contributed by atoms with Crippen LogP contribution in [0.3, 0.4) is 0 Å². The SMILES string of the molecule is CCOC(=O)c1nc(C#N)c2c(ccn2CC2CCCCC2)c1O. The standard InChI is InChI=1S/C18H21N3O3/c1-2-24-18(23)15-17(22)13-8-9-21(16(13)14(10-19)20-15)11-12-6-4-3-5-7-12/h8-9,12,22H,2-7,11H2,1H3. The molecule has 0 spiro atoms. The number of hydrogen-bond acceptors (Lipinski definition) is 5. The van der Waals surface area contributed by atoms with Crippen molar-refractivity contribution >= 4 is 16.9 Å². The maximum Gasteiger partial charge on any atom is 0.360 e. The number of fused-ring (bicyclic) bond motifs is 1. The highest BCUT2D eigenvalue weighted by atomic mass is 16.5. The lowest BCUT2D eigenvalue weighted by molar-refractivity contribution is 0.0516. The summed E-state index contributed by atoms with van der Waals surface area (Å²) in [5.74, 6) is -0.356. The molecule has 0 unspecified atom stereocenters. The number of carbonyl (C=O) groups excluding carboxylic acids is 1. The predicted octanol–water partition coefficient (Wildman–Crippen LogP) is 3.37. The first kappa shape index (κ1) is 16.3. The molecule has 0 radical (unpaired) electrons. The van der Waals surface area contributed by atoms with Gasteiger partial charge < -0.3 is 14.4 Å². The summed E-state index contributed by atoms with van der Waals surface area (Å²) in [6.07, 6.45) is 7.99. The summed E-state index contributed by atoms with van der Waals surface area (Å²) in [6.45, 7) is 2.67. The zero-order valence-electron chi connectivity index (χ0n) is 13.8. The van der Waals surface area contributed by atoms with Crippen LogP contribution in [0.1, 0.15) is 55.2 Å². The Morgan fingerprint density at radius 2 is 2.21 bits per heavy atom. The van der Waals surface area contributed by atoms with E-state index >= 15 is 0 Å². The van der Waals surface area contributed by atoms with Crippen molar-refractivity contribution in [3.8, 4) is 11.8 Å². The van der Waals surface area contributed by atoms with E-state index in [1.54, 1.807) is 13.0 Å². The van der Waals surface area contributed by atoms with Crippen LogP contribution in [0.25, 0.3) is 10.9 Å². The maximum absolute atomic E-state index is 11.9. The van der Waals surface area contributed by atoms with Crippen molar-refractivity contribution in [2.45, 2.75) is 45.6 Å². The van der Waals surface area contributed by atoms with Crippen molar-refractivity contribution in [3.05, 3.63) is 23.7 Å². The van der Waals surface area contributed by atoms with E-state index in [0.29, 0.717) is 16.8 Å². The van der Waals surface area contributed by atoms with Crippen molar-refractivity contribution in [3.63, 3.8) is 0 Å². The topological polar surface area (TPSA) is 88.1 Å². The number of rotatable bonds is 4. The highest BCUT2D eigenvalue weighted by Gasteiger charge is 2.23. The first-order valence-corrected chi connectivity index (χ1v) is 8.44. The number of hydrogen-bond donors (Lipinski definition) is 1. The second-order valence-corrected chi connectivity index (χ2v) is 6.22. The minimum Gasteiger partial charge on any atom is -0.505 e. The minimum absolute atomic E-state index is 0.145. The second-order valence-electron chi connectivity index (χ2n) is 6.22. The Morgan fingerprint density at radius 1 is 1.46 bits per heavy atom. The summed E-state index contributed by atoms with van der Waals surface area (Å²) in [4.78, 5) is 16.0. The Hall–Kier alpha value is -2.55. The molecule has 2 aromatic rings. The molecule has 0 aliphatic heterocycles. The van der Waals surface area contributed by atoms with Crippen LogP contribution in [0, 0.1) is 17.2 Å². The normalized spacial score (nSPS) is 15.3. The van der Waals surface area contributed by atoms with E-state index in [0.717, 1.165) is 6.54 Å². The number of aromatic hydroxyl groups is 1. The highest BCUT2D eigenvalue weighted by Crippen LogP contribution is 2.33. The molecule has 2 aromatic heterocycles. The molecule has 0 amide bonds. The molecule has 1 aliphatic rings. The summed E-state index contributed by atoms with van der Waals surface area (Å²) in [5, 5.41) is 20.3. The van der Waals surface area contributed by atoms with Crippen LogP contribution in [-0.2, 0) is 11.3 Å². The third-order valence-corrected chi connectivity index (χ3v) is 4.65.